The number of aromatic nitrogens is 4. The van der Waals surface area contributed by atoms with Crippen molar-refractivity contribution >= 4 is 16.8 Å². The maximum absolute atomic E-state index is 13.6. The first-order valence-corrected chi connectivity index (χ1v) is 14.2. The minimum atomic E-state index is -0.421. The molecule has 0 aliphatic carbocycles. The van der Waals surface area contributed by atoms with Crippen molar-refractivity contribution in [2.75, 3.05) is 6.61 Å². The molecule has 2 N–H and O–H groups in total. The highest BCUT2D eigenvalue weighted by Crippen LogP contribution is 2.31. The van der Waals surface area contributed by atoms with Gasteiger partial charge in [0.15, 0.2) is 0 Å². The van der Waals surface area contributed by atoms with Gasteiger partial charge >= 0.3 is 0 Å². The van der Waals surface area contributed by atoms with E-state index in [4.69, 9.17) is 9.72 Å². The van der Waals surface area contributed by atoms with E-state index in [2.05, 4.69) is 44.1 Å². The molecule has 3 aromatic carbocycles. The summed E-state index contributed by atoms with van der Waals surface area (Å²) in [4.78, 5) is 26.7. The predicted molar refractivity (Wildman–Crippen MR) is 166 cm³/mol. The summed E-state index contributed by atoms with van der Waals surface area (Å²) in [5.74, 6) is 1.40. The summed E-state index contributed by atoms with van der Waals surface area (Å²) in [6.07, 6.45) is 2.92. The lowest BCUT2D eigenvalue weighted by Gasteiger charge is -2.19. The molecule has 42 heavy (non-hydrogen) atoms. The first-order chi connectivity index (χ1) is 20.6. The molecule has 7 nitrogen and oxygen atoms in total. The molecular weight excluding hydrogens is 522 g/mol. The zero-order valence-corrected chi connectivity index (χ0v) is 23.7. The third kappa shape index (κ3) is 5.81. The fourth-order valence-corrected chi connectivity index (χ4v) is 5.40. The van der Waals surface area contributed by atoms with Crippen molar-refractivity contribution in [3.63, 3.8) is 0 Å². The maximum atomic E-state index is 13.6. The number of carbonyl (C=O) groups is 1. The fourth-order valence-electron chi connectivity index (χ4n) is 5.40. The van der Waals surface area contributed by atoms with Crippen LogP contribution in [0.4, 0.5) is 0 Å². The molecular formula is C35H33N5O2. The number of rotatable bonds is 10. The zero-order chi connectivity index (χ0) is 28.9. The maximum Gasteiger partial charge on any atom is 0.268 e. The van der Waals surface area contributed by atoms with Gasteiger partial charge in [-0.1, -0.05) is 54.6 Å². The summed E-state index contributed by atoms with van der Waals surface area (Å²) in [5.41, 5.74) is 6.43. The lowest BCUT2D eigenvalue weighted by Crippen LogP contribution is -2.32. The van der Waals surface area contributed by atoms with Crippen LogP contribution in [0.15, 0.2) is 109 Å². The van der Waals surface area contributed by atoms with Gasteiger partial charge in [0.05, 0.1) is 24.0 Å². The van der Waals surface area contributed by atoms with E-state index in [0.717, 1.165) is 50.7 Å². The van der Waals surface area contributed by atoms with E-state index < -0.39 is 6.04 Å². The molecule has 0 aliphatic rings. The number of hydrogen-bond acceptors (Lipinski definition) is 4. The van der Waals surface area contributed by atoms with Gasteiger partial charge in [-0.25, -0.2) is 4.98 Å². The molecule has 3 aromatic heterocycles. The number of ether oxygens (including phenoxy) is 1. The van der Waals surface area contributed by atoms with Gasteiger partial charge < -0.3 is 19.6 Å². The van der Waals surface area contributed by atoms with Crippen LogP contribution < -0.4 is 10.1 Å². The van der Waals surface area contributed by atoms with Gasteiger partial charge in [0.1, 0.15) is 17.3 Å². The molecule has 7 heteroatoms. The van der Waals surface area contributed by atoms with Crippen LogP contribution in [0.5, 0.6) is 5.75 Å². The minimum absolute atomic E-state index is 0.192. The Morgan fingerprint density at radius 1 is 0.952 bits per heavy atom. The smallest absolute Gasteiger partial charge is 0.268 e. The van der Waals surface area contributed by atoms with Crippen LogP contribution >= 0.6 is 0 Å². The van der Waals surface area contributed by atoms with Crippen molar-refractivity contribution in [1.29, 1.82) is 0 Å². The van der Waals surface area contributed by atoms with Gasteiger partial charge in [-0.2, -0.15) is 0 Å². The molecule has 1 atom stereocenters. The van der Waals surface area contributed by atoms with E-state index in [1.54, 1.807) is 6.20 Å². The summed E-state index contributed by atoms with van der Waals surface area (Å²) < 4.78 is 7.79. The molecule has 0 spiro atoms. The number of carbonyl (C=O) groups excluding carboxylic acids is 1. The second-order valence-corrected chi connectivity index (χ2v) is 10.3. The molecule has 3 heterocycles. The summed E-state index contributed by atoms with van der Waals surface area (Å²) in [6.45, 7) is 2.59. The van der Waals surface area contributed by atoms with E-state index in [1.807, 2.05) is 92.8 Å². The molecule has 0 unspecified atom stereocenters. The van der Waals surface area contributed by atoms with Gasteiger partial charge in [-0.15, -0.1) is 0 Å². The highest BCUT2D eigenvalue weighted by molar-refractivity contribution is 5.98. The van der Waals surface area contributed by atoms with Crippen LogP contribution in [0.2, 0.25) is 0 Å². The van der Waals surface area contributed by atoms with Crippen molar-refractivity contribution in [3.8, 4) is 17.0 Å². The van der Waals surface area contributed by atoms with E-state index in [9.17, 15) is 4.79 Å². The normalized spacial score (nSPS) is 11.9. The Morgan fingerprint density at radius 2 is 1.71 bits per heavy atom. The zero-order valence-electron chi connectivity index (χ0n) is 23.7. The number of aromatic amines is 1. The molecule has 6 rings (SSSR count). The SMILES string of the molecule is CCOc1ccc(-c2c(Cc3ccccc3)nc([C@H](Cc3ccccn3)NC(=O)c3cc4ccccc4[nH]3)n2C)cc1. The summed E-state index contributed by atoms with van der Waals surface area (Å²) >= 11 is 0. The summed E-state index contributed by atoms with van der Waals surface area (Å²) in [6, 6.07) is 33.6. The van der Waals surface area contributed by atoms with E-state index >= 15 is 0 Å². The van der Waals surface area contributed by atoms with Gasteiger partial charge in [0.2, 0.25) is 0 Å². The van der Waals surface area contributed by atoms with Gasteiger partial charge in [-0.3, -0.25) is 9.78 Å². The molecule has 0 aliphatic heterocycles. The first kappa shape index (κ1) is 27.0. The Hall–Kier alpha value is -5.17. The Bertz CT molecular complexity index is 1760. The number of imidazole rings is 1. The van der Waals surface area contributed by atoms with Crippen molar-refractivity contribution in [3.05, 3.63) is 138 Å². The molecule has 0 bridgehead atoms. The lowest BCUT2D eigenvalue weighted by atomic mass is 10.0. The number of para-hydroxylation sites is 1. The van der Waals surface area contributed by atoms with Gasteiger partial charge in [0, 0.05) is 48.2 Å². The fraction of sp³-hybridized carbons (Fsp3) is 0.171. The summed E-state index contributed by atoms with van der Waals surface area (Å²) in [5, 5.41) is 4.26. The molecule has 210 valence electrons. The average Bonchev–Trinajstić information content (AvgIpc) is 3.60. The molecule has 6 aromatic rings. The van der Waals surface area contributed by atoms with E-state index in [-0.39, 0.29) is 5.91 Å². The molecule has 0 fully saturated rings. The minimum Gasteiger partial charge on any atom is -0.494 e. The monoisotopic (exact) mass is 555 g/mol. The average molecular weight is 556 g/mol. The van der Waals surface area contributed by atoms with Crippen molar-refractivity contribution < 1.29 is 9.53 Å². The van der Waals surface area contributed by atoms with Crippen LogP contribution in [0.1, 0.15) is 46.2 Å². The van der Waals surface area contributed by atoms with E-state index in [1.165, 1.54) is 0 Å². The van der Waals surface area contributed by atoms with Crippen LogP contribution in [0.25, 0.3) is 22.2 Å². The quantitative estimate of drug-likeness (QED) is 0.198. The number of pyridine rings is 1. The number of nitrogens with zero attached hydrogens (tertiary/aromatic N) is 3. The van der Waals surface area contributed by atoms with Crippen LogP contribution in [-0.2, 0) is 19.9 Å². The standard InChI is InChI=1S/C35H33N5O2/c1-3-42-28-18-16-25(17-19-28)33-30(21-24-11-5-4-6-12-24)38-34(40(33)2)31(23-27-14-9-10-20-36-27)39-35(41)32-22-26-13-7-8-15-29(26)37-32/h4-20,22,31,37H,3,21,23H2,1-2H3,(H,39,41)/t31-/m0/s1. The van der Waals surface area contributed by atoms with Crippen molar-refractivity contribution in [1.82, 2.24) is 24.8 Å². The van der Waals surface area contributed by atoms with Gasteiger partial charge in [0.25, 0.3) is 5.91 Å². The van der Waals surface area contributed by atoms with Gasteiger partial charge in [-0.05, 0) is 61.0 Å². The second kappa shape index (κ2) is 12.1. The highest BCUT2D eigenvalue weighted by Gasteiger charge is 2.26. The lowest BCUT2D eigenvalue weighted by molar-refractivity contribution is 0.0929. The number of benzene rings is 3. The topological polar surface area (TPSA) is 84.8 Å². The summed E-state index contributed by atoms with van der Waals surface area (Å²) in [7, 11) is 2.02. The predicted octanol–water partition coefficient (Wildman–Crippen LogP) is 6.67. The number of amides is 1. The van der Waals surface area contributed by atoms with Crippen molar-refractivity contribution in [2.24, 2.45) is 7.05 Å². The first-order valence-electron chi connectivity index (χ1n) is 14.2. The molecule has 0 radical (unpaired) electrons. The number of H-pyrrole nitrogens is 1. The van der Waals surface area contributed by atoms with Crippen LogP contribution in [0, 0.1) is 0 Å². The number of hydrogen-bond donors (Lipinski definition) is 2. The third-order valence-electron chi connectivity index (χ3n) is 7.39. The number of fused-ring (bicyclic) bond motifs is 1. The Balaban J connectivity index is 1.41. The Morgan fingerprint density at radius 3 is 2.45 bits per heavy atom. The third-order valence-corrected chi connectivity index (χ3v) is 7.39. The molecule has 1 amide bonds. The molecule has 0 saturated heterocycles. The highest BCUT2D eigenvalue weighted by atomic mass is 16.5. The number of nitrogens with one attached hydrogen (secondary N) is 2. The van der Waals surface area contributed by atoms with Crippen LogP contribution in [0.3, 0.4) is 0 Å². The largest absolute Gasteiger partial charge is 0.494 e. The van der Waals surface area contributed by atoms with E-state index in [0.29, 0.717) is 25.1 Å². The Labute approximate surface area is 245 Å². The Kier molecular flexibility index (Phi) is 7.81. The second-order valence-electron chi connectivity index (χ2n) is 10.3. The molecule has 0 saturated carbocycles. The van der Waals surface area contributed by atoms with Crippen molar-refractivity contribution in [2.45, 2.75) is 25.8 Å². The van der Waals surface area contributed by atoms with Crippen LogP contribution in [-0.4, -0.2) is 32.0 Å².